The van der Waals surface area contributed by atoms with Crippen molar-refractivity contribution in [2.45, 2.75) is 129 Å². The van der Waals surface area contributed by atoms with Crippen LogP contribution < -0.4 is 0 Å². The minimum absolute atomic E-state index is 1.25. The fourth-order valence-corrected chi connectivity index (χ4v) is 4.67. The molecular formula is C26H54N2. The van der Waals surface area contributed by atoms with E-state index in [1.165, 1.54) is 155 Å². The molecule has 0 N–H and O–H groups in total. The molecule has 0 aliphatic carbocycles. The Bertz CT molecular complexity index is 251. The van der Waals surface area contributed by atoms with Crippen LogP contribution in [0.2, 0.25) is 0 Å². The van der Waals surface area contributed by atoms with Crippen LogP contribution in [-0.4, -0.2) is 49.1 Å². The van der Waals surface area contributed by atoms with Gasteiger partial charge in [0.15, 0.2) is 0 Å². The molecular weight excluding hydrogens is 340 g/mol. The zero-order valence-corrected chi connectivity index (χ0v) is 19.9. The normalized spacial score (nSPS) is 23.8. The van der Waals surface area contributed by atoms with Crippen molar-refractivity contribution in [3.05, 3.63) is 0 Å². The van der Waals surface area contributed by atoms with E-state index in [0.29, 0.717) is 0 Å². The third-order valence-electron chi connectivity index (χ3n) is 6.79. The standard InChI is InChI=1S/C26H54N2/c1-3-27-23-19-15-11-7-5-9-13-17-21-25-28(4-2)26-22-18-14-10-6-8-12-16-20-24-27/h3-26H2,1-2H3. The molecule has 0 unspecified atom stereocenters. The maximum atomic E-state index is 2.69. The average Bonchev–Trinajstić information content (AvgIpc) is 2.71. The lowest BCUT2D eigenvalue weighted by atomic mass is 10.1. The molecule has 0 aromatic heterocycles. The van der Waals surface area contributed by atoms with Gasteiger partial charge in [-0.25, -0.2) is 0 Å². The molecule has 1 aliphatic heterocycles. The lowest BCUT2D eigenvalue weighted by molar-refractivity contribution is 0.271. The summed E-state index contributed by atoms with van der Waals surface area (Å²) in [6, 6.07) is 0. The van der Waals surface area contributed by atoms with Crippen LogP contribution in [0.25, 0.3) is 0 Å². The van der Waals surface area contributed by atoms with Crippen molar-refractivity contribution in [3.63, 3.8) is 0 Å². The molecule has 0 radical (unpaired) electrons. The summed E-state index contributed by atoms with van der Waals surface area (Å²) in [5.74, 6) is 0. The fraction of sp³-hybridized carbons (Fsp3) is 1.00. The molecule has 28 heavy (non-hydrogen) atoms. The van der Waals surface area contributed by atoms with E-state index in [1.54, 1.807) is 0 Å². The van der Waals surface area contributed by atoms with Crippen LogP contribution in [-0.2, 0) is 0 Å². The second-order valence-electron chi connectivity index (χ2n) is 9.23. The fourth-order valence-electron chi connectivity index (χ4n) is 4.67. The van der Waals surface area contributed by atoms with Crippen LogP contribution in [0.5, 0.6) is 0 Å². The molecule has 2 nitrogen and oxygen atoms in total. The highest BCUT2D eigenvalue weighted by atomic mass is 15.1. The van der Waals surface area contributed by atoms with Crippen LogP contribution in [0.1, 0.15) is 129 Å². The largest absolute Gasteiger partial charge is 0.304 e. The zero-order valence-electron chi connectivity index (χ0n) is 19.9. The van der Waals surface area contributed by atoms with Gasteiger partial charge in [-0.1, -0.05) is 104 Å². The summed E-state index contributed by atoms with van der Waals surface area (Å²) >= 11 is 0. The number of hydrogen-bond acceptors (Lipinski definition) is 2. The van der Waals surface area contributed by atoms with Crippen LogP contribution in [0.4, 0.5) is 0 Å². The Balaban J connectivity index is 2.21. The topological polar surface area (TPSA) is 6.48 Å². The van der Waals surface area contributed by atoms with Crippen LogP contribution >= 0.6 is 0 Å². The second-order valence-corrected chi connectivity index (χ2v) is 9.23. The maximum absolute atomic E-state index is 2.69. The Morgan fingerprint density at radius 3 is 0.679 bits per heavy atom. The highest BCUT2D eigenvalue weighted by molar-refractivity contribution is 4.59. The molecule has 0 aromatic rings. The third kappa shape index (κ3) is 15.8. The quantitative estimate of drug-likeness (QED) is 0.474. The lowest BCUT2D eigenvalue weighted by Crippen LogP contribution is -2.25. The predicted octanol–water partition coefficient (Wildman–Crippen LogP) is 7.67. The van der Waals surface area contributed by atoms with Gasteiger partial charge < -0.3 is 9.80 Å². The Labute approximate surface area is 178 Å². The molecule has 1 fully saturated rings. The molecule has 1 heterocycles. The van der Waals surface area contributed by atoms with E-state index in [0.717, 1.165) is 0 Å². The Kier molecular flexibility index (Phi) is 18.7. The first-order valence-electron chi connectivity index (χ1n) is 13.3. The Morgan fingerprint density at radius 2 is 0.500 bits per heavy atom. The second kappa shape index (κ2) is 20.2. The highest BCUT2D eigenvalue weighted by Gasteiger charge is 2.04. The van der Waals surface area contributed by atoms with E-state index in [9.17, 15) is 0 Å². The summed E-state index contributed by atoms with van der Waals surface area (Å²) in [7, 11) is 0. The van der Waals surface area contributed by atoms with Crippen molar-refractivity contribution in [3.8, 4) is 0 Å². The minimum Gasteiger partial charge on any atom is -0.304 e. The molecule has 1 aliphatic rings. The summed E-state index contributed by atoms with van der Waals surface area (Å²) in [6.07, 6.45) is 26.1. The molecule has 0 bridgehead atoms. The van der Waals surface area contributed by atoms with Gasteiger partial charge in [-0.15, -0.1) is 0 Å². The molecule has 0 aromatic carbocycles. The smallest absolute Gasteiger partial charge is 0.00189 e. The Hall–Kier alpha value is -0.0800. The average molecular weight is 395 g/mol. The zero-order chi connectivity index (χ0) is 20.1. The van der Waals surface area contributed by atoms with E-state index >= 15 is 0 Å². The van der Waals surface area contributed by atoms with Gasteiger partial charge in [0.25, 0.3) is 0 Å². The SMILES string of the molecule is CCN1CCCCCCCCCCCN(CC)CCCCCCCCCCC1. The maximum Gasteiger partial charge on any atom is -0.00189 e. The van der Waals surface area contributed by atoms with Gasteiger partial charge in [0.1, 0.15) is 0 Å². The van der Waals surface area contributed by atoms with Crippen molar-refractivity contribution < 1.29 is 0 Å². The highest BCUT2D eigenvalue weighted by Crippen LogP contribution is 2.13. The predicted molar refractivity (Wildman–Crippen MR) is 127 cm³/mol. The van der Waals surface area contributed by atoms with Gasteiger partial charge in [-0.05, 0) is 65.0 Å². The first-order valence-corrected chi connectivity index (χ1v) is 13.3. The number of rotatable bonds is 2. The van der Waals surface area contributed by atoms with Gasteiger partial charge in [-0.3, -0.25) is 0 Å². The molecule has 0 spiro atoms. The molecule has 168 valence electrons. The van der Waals surface area contributed by atoms with E-state index < -0.39 is 0 Å². The molecule has 0 atom stereocenters. The van der Waals surface area contributed by atoms with Crippen molar-refractivity contribution in [2.75, 3.05) is 39.3 Å². The van der Waals surface area contributed by atoms with Gasteiger partial charge in [0, 0.05) is 0 Å². The first-order chi connectivity index (χ1) is 13.9. The third-order valence-corrected chi connectivity index (χ3v) is 6.79. The summed E-state index contributed by atoms with van der Waals surface area (Å²) in [4.78, 5) is 5.39. The molecule has 0 saturated carbocycles. The van der Waals surface area contributed by atoms with E-state index in [-0.39, 0.29) is 0 Å². The number of nitrogens with zero attached hydrogens (tertiary/aromatic N) is 2. The van der Waals surface area contributed by atoms with Gasteiger partial charge in [-0.2, -0.15) is 0 Å². The molecule has 0 amide bonds. The summed E-state index contributed by atoms with van der Waals surface area (Å²) in [5.41, 5.74) is 0. The minimum atomic E-state index is 1.25. The Morgan fingerprint density at radius 1 is 0.321 bits per heavy atom. The summed E-state index contributed by atoms with van der Waals surface area (Å²) < 4.78 is 0. The molecule has 1 saturated heterocycles. The van der Waals surface area contributed by atoms with Gasteiger partial charge in [0.05, 0.1) is 0 Å². The van der Waals surface area contributed by atoms with E-state index in [2.05, 4.69) is 23.6 Å². The van der Waals surface area contributed by atoms with E-state index in [1.807, 2.05) is 0 Å². The van der Waals surface area contributed by atoms with Crippen molar-refractivity contribution in [1.82, 2.24) is 9.80 Å². The van der Waals surface area contributed by atoms with Gasteiger partial charge in [0.2, 0.25) is 0 Å². The van der Waals surface area contributed by atoms with Crippen LogP contribution in [0, 0.1) is 0 Å². The number of hydrogen-bond donors (Lipinski definition) is 0. The lowest BCUT2D eigenvalue weighted by Gasteiger charge is -2.20. The molecule has 2 heteroatoms. The first kappa shape index (κ1) is 26.0. The monoisotopic (exact) mass is 394 g/mol. The van der Waals surface area contributed by atoms with Crippen LogP contribution in [0.3, 0.4) is 0 Å². The van der Waals surface area contributed by atoms with E-state index in [4.69, 9.17) is 0 Å². The molecule has 1 rings (SSSR count). The summed E-state index contributed by atoms with van der Waals surface area (Å²) in [5, 5.41) is 0. The van der Waals surface area contributed by atoms with Crippen LogP contribution in [0.15, 0.2) is 0 Å². The van der Waals surface area contributed by atoms with Gasteiger partial charge >= 0.3 is 0 Å². The van der Waals surface area contributed by atoms with Crippen molar-refractivity contribution in [2.24, 2.45) is 0 Å². The van der Waals surface area contributed by atoms with Crippen molar-refractivity contribution >= 4 is 0 Å². The van der Waals surface area contributed by atoms with Crippen molar-refractivity contribution in [1.29, 1.82) is 0 Å². The summed E-state index contributed by atoms with van der Waals surface area (Å²) in [6.45, 7) is 12.5.